The molecular weight excluding hydrogens is 342 g/mol. The summed E-state index contributed by atoms with van der Waals surface area (Å²) in [6.45, 7) is -0.0111. The van der Waals surface area contributed by atoms with E-state index >= 15 is 0 Å². The Kier molecular flexibility index (Phi) is 5.18. The number of benzene rings is 1. The maximum Gasteiger partial charge on any atom is 0.292 e. The number of hydrogen-bond donors (Lipinski definition) is 0. The highest BCUT2D eigenvalue weighted by atomic mass is 35.5. The van der Waals surface area contributed by atoms with Crippen molar-refractivity contribution in [1.82, 2.24) is 14.7 Å². The zero-order valence-electron chi connectivity index (χ0n) is 13.3. The van der Waals surface area contributed by atoms with E-state index in [1.807, 2.05) is 0 Å². The highest BCUT2D eigenvalue weighted by Gasteiger charge is 2.18. The van der Waals surface area contributed by atoms with Crippen LogP contribution < -0.4 is 10.5 Å². The first-order chi connectivity index (χ1) is 11.2. The molecule has 9 heteroatoms. The van der Waals surface area contributed by atoms with Crippen LogP contribution in [0.2, 0.25) is 5.02 Å². The zero-order valence-corrected chi connectivity index (χ0v) is 14.0. The highest BCUT2D eigenvalue weighted by molar-refractivity contribution is 6.33. The molecule has 6 nitrogen and oxygen atoms in total. The number of anilines is 1. The van der Waals surface area contributed by atoms with E-state index in [0.29, 0.717) is 6.07 Å². The summed E-state index contributed by atoms with van der Waals surface area (Å²) >= 11 is 6.05. The fourth-order valence-corrected chi connectivity index (χ4v) is 2.22. The molecule has 0 saturated heterocycles. The summed E-state index contributed by atoms with van der Waals surface area (Å²) in [7, 11) is 4.78. The van der Waals surface area contributed by atoms with Gasteiger partial charge in [0, 0.05) is 27.2 Å². The molecule has 1 amide bonds. The lowest BCUT2D eigenvalue weighted by Crippen LogP contribution is -2.35. The number of carbonyl (C=O) groups excluding carboxylic acids is 1. The van der Waals surface area contributed by atoms with Crippen LogP contribution in [0.5, 0.6) is 0 Å². The van der Waals surface area contributed by atoms with Gasteiger partial charge >= 0.3 is 0 Å². The van der Waals surface area contributed by atoms with Crippen LogP contribution in [0.4, 0.5) is 14.5 Å². The zero-order chi connectivity index (χ0) is 18.0. The van der Waals surface area contributed by atoms with E-state index in [2.05, 4.69) is 5.10 Å². The van der Waals surface area contributed by atoms with Gasteiger partial charge in [0.05, 0.1) is 18.4 Å². The molecule has 0 saturated carbocycles. The third kappa shape index (κ3) is 3.53. The Morgan fingerprint density at radius 1 is 1.29 bits per heavy atom. The predicted molar refractivity (Wildman–Crippen MR) is 86.7 cm³/mol. The maximum atomic E-state index is 13.8. The van der Waals surface area contributed by atoms with Crippen molar-refractivity contribution >= 4 is 23.2 Å². The summed E-state index contributed by atoms with van der Waals surface area (Å²) < 4.78 is 27.5. The SMILES string of the molecule is CN(C)C(=O)CN(C)c1cnn(-c2ccc(F)cc2F)c(=O)c1Cl. The maximum absolute atomic E-state index is 13.8. The molecule has 0 bridgehead atoms. The molecule has 0 aliphatic rings. The van der Waals surface area contributed by atoms with Crippen LogP contribution in [-0.4, -0.2) is 48.3 Å². The normalized spacial score (nSPS) is 10.6. The second-order valence-corrected chi connectivity index (χ2v) is 5.68. The van der Waals surface area contributed by atoms with Crippen LogP contribution in [0, 0.1) is 11.6 Å². The van der Waals surface area contributed by atoms with E-state index in [-0.39, 0.29) is 28.8 Å². The van der Waals surface area contributed by atoms with Crippen LogP contribution >= 0.6 is 11.6 Å². The molecule has 1 heterocycles. The largest absolute Gasteiger partial charge is 0.363 e. The van der Waals surface area contributed by atoms with Crippen molar-refractivity contribution in [3.8, 4) is 5.69 Å². The smallest absolute Gasteiger partial charge is 0.292 e. The summed E-state index contributed by atoms with van der Waals surface area (Å²) in [6.07, 6.45) is 1.25. The number of nitrogens with zero attached hydrogens (tertiary/aromatic N) is 4. The summed E-state index contributed by atoms with van der Waals surface area (Å²) in [4.78, 5) is 26.9. The van der Waals surface area contributed by atoms with Crippen molar-refractivity contribution < 1.29 is 13.6 Å². The quantitative estimate of drug-likeness (QED) is 0.836. The Bertz CT molecular complexity index is 839. The van der Waals surface area contributed by atoms with Crippen molar-refractivity contribution in [2.45, 2.75) is 0 Å². The average molecular weight is 357 g/mol. The second kappa shape index (κ2) is 6.96. The molecule has 0 unspecified atom stereocenters. The van der Waals surface area contributed by atoms with E-state index in [1.54, 1.807) is 21.1 Å². The molecule has 0 atom stereocenters. The minimum atomic E-state index is -0.940. The third-order valence-corrected chi connectivity index (χ3v) is 3.68. The van der Waals surface area contributed by atoms with E-state index in [0.717, 1.165) is 16.8 Å². The Labute approximate surface area is 141 Å². The van der Waals surface area contributed by atoms with Crippen LogP contribution in [0.25, 0.3) is 5.69 Å². The van der Waals surface area contributed by atoms with Gasteiger partial charge in [-0.05, 0) is 12.1 Å². The fraction of sp³-hybridized carbons (Fsp3) is 0.267. The first-order valence-electron chi connectivity index (χ1n) is 6.87. The lowest BCUT2D eigenvalue weighted by Gasteiger charge is -2.21. The topological polar surface area (TPSA) is 58.4 Å². The van der Waals surface area contributed by atoms with Gasteiger partial charge in [0.1, 0.15) is 16.5 Å². The molecule has 24 heavy (non-hydrogen) atoms. The van der Waals surface area contributed by atoms with Crippen LogP contribution in [-0.2, 0) is 4.79 Å². The lowest BCUT2D eigenvalue weighted by molar-refractivity contribution is -0.127. The first kappa shape index (κ1) is 17.9. The summed E-state index contributed by atoms with van der Waals surface area (Å²) in [5, 5.41) is 3.64. The Hall–Kier alpha value is -2.48. The first-order valence-corrected chi connectivity index (χ1v) is 7.24. The molecule has 1 aromatic heterocycles. The molecule has 2 rings (SSSR count). The minimum absolute atomic E-state index is 0.0111. The predicted octanol–water partition coefficient (Wildman–Crippen LogP) is 1.69. The van der Waals surface area contributed by atoms with Crippen molar-refractivity contribution in [1.29, 1.82) is 0 Å². The van der Waals surface area contributed by atoms with Gasteiger partial charge in [-0.15, -0.1) is 0 Å². The number of carbonyl (C=O) groups is 1. The Morgan fingerprint density at radius 3 is 2.54 bits per heavy atom. The van der Waals surface area contributed by atoms with Gasteiger partial charge in [-0.3, -0.25) is 9.59 Å². The monoisotopic (exact) mass is 356 g/mol. The van der Waals surface area contributed by atoms with E-state index in [4.69, 9.17) is 11.6 Å². The molecule has 0 aliphatic heterocycles. The van der Waals surface area contributed by atoms with Crippen molar-refractivity contribution in [3.05, 3.63) is 51.4 Å². The van der Waals surface area contributed by atoms with E-state index < -0.39 is 17.2 Å². The van der Waals surface area contributed by atoms with Gasteiger partial charge in [0.15, 0.2) is 5.82 Å². The van der Waals surface area contributed by atoms with E-state index in [9.17, 15) is 18.4 Å². The van der Waals surface area contributed by atoms with Crippen LogP contribution in [0.3, 0.4) is 0 Å². The Morgan fingerprint density at radius 2 is 1.96 bits per heavy atom. The molecule has 0 aliphatic carbocycles. The number of likely N-dealkylation sites (N-methyl/N-ethyl adjacent to an activating group) is 2. The number of halogens is 3. The highest BCUT2D eigenvalue weighted by Crippen LogP contribution is 2.21. The summed E-state index contributed by atoms with van der Waals surface area (Å²) in [5.74, 6) is -1.90. The summed E-state index contributed by atoms with van der Waals surface area (Å²) in [5.41, 5.74) is -0.763. The van der Waals surface area contributed by atoms with Crippen LogP contribution in [0.1, 0.15) is 0 Å². The molecule has 128 valence electrons. The van der Waals surface area contributed by atoms with Crippen molar-refractivity contribution in [3.63, 3.8) is 0 Å². The molecule has 0 N–H and O–H groups in total. The molecule has 0 spiro atoms. The number of rotatable bonds is 4. The summed E-state index contributed by atoms with van der Waals surface area (Å²) in [6, 6.07) is 2.75. The van der Waals surface area contributed by atoms with Gasteiger partial charge in [-0.1, -0.05) is 11.6 Å². The average Bonchev–Trinajstić information content (AvgIpc) is 2.50. The standard InChI is InChI=1S/C15H15ClF2N4O2/c1-20(2)13(23)8-21(3)12-7-19-22(15(24)14(12)16)11-5-4-9(17)6-10(11)18/h4-7H,8H2,1-3H3. The van der Waals surface area contributed by atoms with Gasteiger partial charge in [0.25, 0.3) is 5.56 Å². The Balaban J connectivity index is 2.42. The lowest BCUT2D eigenvalue weighted by atomic mass is 10.3. The molecule has 0 radical (unpaired) electrons. The number of aromatic nitrogens is 2. The minimum Gasteiger partial charge on any atom is -0.363 e. The molecule has 0 fully saturated rings. The number of amides is 1. The van der Waals surface area contributed by atoms with Crippen molar-refractivity contribution in [2.24, 2.45) is 0 Å². The molecule has 1 aromatic carbocycles. The molecule has 2 aromatic rings. The molecular formula is C15H15ClF2N4O2. The van der Waals surface area contributed by atoms with E-state index in [1.165, 1.54) is 16.0 Å². The van der Waals surface area contributed by atoms with Gasteiger partial charge < -0.3 is 9.80 Å². The second-order valence-electron chi connectivity index (χ2n) is 5.30. The van der Waals surface area contributed by atoms with Gasteiger partial charge in [0.2, 0.25) is 5.91 Å². The van der Waals surface area contributed by atoms with Gasteiger partial charge in [-0.25, -0.2) is 8.78 Å². The third-order valence-electron chi connectivity index (χ3n) is 3.32. The van der Waals surface area contributed by atoms with Crippen LogP contribution in [0.15, 0.2) is 29.2 Å². The van der Waals surface area contributed by atoms with Crippen molar-refractivity contribution in [2.75, 3.05) is 32.6 Å². The fourth-order valence-electron chi connectivity index (χ4n) is 1.94. The van der Waals surface area contributed by atoms with Gasteiger partial charge in [-0.2, -0.15) is 9.78 Å². The number of hydrogen-bond acceptors (Lipinski definition) is 4.